The maximum atomic E-state index is 12.4. The third kappa shape index (κ3) is 4.05. The van der Waals surface area contributed by atoms with Gasteiger partial charge in [0.1, 0.15) is 0 Å². The van der Waals surface area contributed by atoms with Gasteiger partial charge in [-0.3, -0.25) is 4.79 Å². The molecule has 0 bridgehead atoms. The fourth-order valence-electron chi connectivity index (χ4n) is 2.96. The second kappa shape index (κ2) is 7.65. The first-order valence-electron chi connectivity index (χ1n) is 8.07. The number of nitrogens with one attached hydrogen (secondary N) is 1. The second-order valence-electron chi connectivity index (χ2n) is 6.00. The number of aliphatic hydroxyl groups is 1. The maximum absolute atomic E-state index is 12.4. The fourth-order valence-corrected chi connectivity index (χ4v) is 3.15. The smallest absolute Gasteiger partial charge is 0.224 e. The molecular formula is C20H20ClNO2. The Labute approximate surface area is 147 Å². The Morgan fingerprint density at radius 2 is 2.00 bits per heavy atom. The molecule has 0 saturated heterocycles. The Kier molecular flexibility index (Phi) is 5.34. The van der Waals surface area contributed by atoms with E-state index in [0.717, 1.165) is 17.6 Å². The molecule has 124 valence electrons. The summed E-state index contributed by atoms with van der Waals surface area (Å²) in [5.41, 5.74) is 3.00. The number of hydrogen-bond acceptors (Lipinski definition) is 2. The summed E-state index contributed by atoms with van der Waals surface area (Å²) in [5, 5.41) is 12.8. The molecule has 1 aliphatic rings. The number of hydrogen-bond donors (Lipinski definition) is 2. The highest BCUT2D eigenvalue weighted by atomic mass is 35.5. The predicted octanol–water partition coefficient (Wildman–Crippen LogP) is 3.64. The number of halogens is 1. The molecule has 2 atom stereocenters. The van der Waals surface area contributed by atoms with Crippen LogP contribution in [0.2, 0.25) is 5.02 Å². The van der Waals surface area contributed by atoms with E-state index in [2.05, 4.69) is 17.4 Å². The fraction of sp³-hybridized carbons (Fsp3) is 0.250. The molecule has 1 fully saturated rings. The van der Waals surface area contributed by atoms with Crippen LogP contribution >= 0.6 is 11.6 Å². The molecule has 0 radical (unpaired) electrons. The Bertz CT molecular complexity index is 742. The molecule has 2 N–H and O–H groups in total. The lowest BCUT2D eigenvalue weighted by Gasteiger charge is -2.10. The first kappa shape index (κ1) is 16.7. The van der Waals surface area contributed by atoms with Crippen LogP contribution in [0.25, 0.3) is 5.57 Å². The molecular weight excluding hydrogens is 322 g/mol. The van der Waals surface area contributed by atoms with Crippen LogP contribution in [0.15, 0.2) is 60.7 Å². The van der Waals surface area contributed by atoms with Gasteiger partial charge in [0, 0.05) is 17.5 Å². The first-order chi connectivity index (χ1) is 11.7. The van der Waals surface area contributed by atoms with Crippen molar-refractivity contribution in [2.75, 3.05) is 13.2 Å². The molecule has 1 amide bonds. The molecule has 0 aromatic heterocycles. The highest BCUT2D eigenvalue weighted by molar-refractivity contribution is 6.30. The molecule has 4 heteroatoms. The van der Waals surface area contributed by atoms with Crippen molar-refractivity contribution in [3.05, 3.63) is 76.8 Å². The average molecular weight is 342 g/mol. The minimum atomic E-state index is -0.0756. The van der Waals surface area contributed by atoms with Gasteiger partial charge in [-0.15, -0.1) is 0 Å². The lowest BCUT2D eigenvalue weighted by atomic mass is 10.1. The monoisotopic (exact) mass is 341 g/mol. The van der Waals surface area contributed by atoms with Crippen molar-refractivity contribution in [3.63, 3.8) is 0 Å². The Morgan fingerprint density at radius 3 is 2.71 bits per heavy atom. The molecule has 0 aliphatic heterocycles. The van der Waals surface area contributed by atoms with Crippen LogP contribution in [0.4, 0.5) is 0 Å². The van der Waals surface area contributed by atoms with Crippen molar-refractivity contribution < 1.29 is 9.90 Å². The van der Waals surface area contributed by atoms with Gasteiger partial charge in [0.15, 0.2) is 0 Å². The van der Waals surface area contributed by atoms with E-state index < -0.39 is 0 Å². The summed E-state index contributed by atoms with van der Waals surface area (Å²) in [5.74, 6) is 0.430. The van der Waals surface area contributed by atoms with Crippen molar-refractivity contribution in [2.45, 2.75) is 12.3 Å². The summed E-state index contributed by atoms with van der Waals surface area (Å²) in [6.45, 7) is 0.311. The Morgan fingerprint density at radius 1 is 1.21 bits per heavy atom. The van der Waals surface area contributed by atoms with Gasteiger partial charge < -0.3 is 10.4 Å². The second-order valence-corrected chi connectivity index (χ2v) is 6.44. The zero-order chi connectivity index (χ0) is 16.9. The van der Waals surface area contributed by atoms with Crippen molar-refractivity contribution in [3.8, 4) is 0 Å². The quantitative estimate of drug-likeness (QED) is 0.842. The molecule has 2 aromatic carbocycles. The van der Waals surface area contributed by atoms with Gasteiger partial charge in [0.05, 0.1) is 6.61 Å². The van der Waals surface area contributed by atoms with Gasteiger partial charge in [-0.25, -0.2) is 0 Å². The van der Waals surface area contributed by atoms with Crippen LogP contribution in [0.1, 0.15) is 23.5 Å². The van der Waals surface area contributed by atoms with E-state index in [1.165, 1.54) is 5.56 Å². The van der Waals surface area contributed by atoms with Crippen LogP contribution in [0.3, 0.4) is 0 Å². The van der Waals surface area contributed by atoms with Crippen molar-refractivity contribution in [1.82, 2.24) is 5.32 Å². The topological polar surface area (TPSA) is 49.3 Å². The standard InChI is InChI=1S/C20H20ClNO2/c21-17-8-4-7-15(11-17)16(9-10-23)13-22-20(24)19-12-18(19)14-5-2-1-3-6-14/h1-9,11,18-19,23H,10,12-13H2,(H,22,24)/b16-9-/t18-,19+/m1/s1. The lowest BCUT2D eigenvalue weighted by molar-refractivity contribution is -0.122. The SMILES string of the molecule is O=C(NC/C(=C/CO)c1cccc(Cl)c1)[C@H]1C[C@@H]1c1ccccc1. The highest BCUT2D eigenvalue weighted by Crippen LogP contribution is 2.47. The van der Waals surface area contributed by atoms with Crippen molar-refractivity contribution in [2.24, 2.45) is 5.92 Å². The number of rotatable bonds is 6. The summed E-state index contributed by atoms with van der Waals surface area (Å²) >= 11 is 6.02. The molecule has 0 heterocycles. The summed E-state index contributed by atoms with van der Waals surface area (Å²) < 4.78 is 0. The zero-order valence-electron chi connectivity index (χ0n) is 13.3. The minimum absolute atomic E-state index is 0.0436. The number of carbonyl (C=O) groups excluding carboxylic acids is 1. The van der Waals surface area contributed by atoms with E-state index in [0.29, 0.717) is 17.5 Å². The van der Waals surface area contributed by atoms with E-state index >= 15 is 0 Å². The van der Waals surface area contributed by atoms with Crippen molar-refractivity contribution in [1.29, 1.82) is 0 Å². The van der Waals surface area contributed by atoms with Gasteiger partial charge in [-0.1, -0.05) is 60.1 Å². The average Bonchev–Trinajstić information content (AvgIpc) is 3.40. The normalized spacial score (nSPS) is 19.8. The molecule has 24 heavy (non-hydrogen) atoms. The van der Waals surface area contributed by atoms with Crippen LogP contribution in [0.5, 0.6) is 0 Å². The predicted molar refractivity (Wildman–Crippen MR) is 96.8 cm³/mol. The van der Waals surface area contributed by atoms with Gasteiger partial charge in [0.25, 0.3) is 0 Å². The molecule has 0 unspecified atom stereocenters. The number of amides is 1. The van der Waals surface area contributed by atoms with E-state index in [1.807, 2.05) is 36.4 Å². The molecule has 0 spiro atoms. The van der Waals surface area contributed by atoms with Crippen LogP contribution in [-0.2, 0) is 4.79 Å². The van der Waals surface area contributed by atoms with E-state index in [-0.39, 0.29) is 18.4 Å². The number of carbonyl (C=O) groups is 1. The summed E-state index contributed by atoms with van der Waals surface area (Å²) in [4.78, 5) is 12.4. The van der Waals surface area contributed by atoms with Gasteiger partial charge in [-0.2, -0.15) is 0 Å². The molecule has 3 rings (SSSR count). The summed E-state index contributed by atoms with van der Waals surface area (Å²) in [6.07, 6.45) is 2.60. The van der Waals surface area contributed by atoms with E-state index in [4.69, 9.17) is 11.6 Å². The van der Waals surface area contributed by atoms with Gasteiger partial charge in [-0.05, 0) is 41.2 Å². The third-order valence-electron chi connectivity index (χ3n) is 4.34. The molecule has 1 saturated carbocycles. The van der Waals surface area contributed by atoms with Crippen molar-refractivity contribution >= 4 is 23.1 Å². The largest absolute Gasteiger partial charge is 0.392 e. The molecule has 1 aliphatic carbocycles. The van der Waals surface area contributed by atoms with Gasteiger partial charge >= 0.3 is 0 Å². The third-order valence-corrected chi connectivity index (χ3v) is 4.58. The summed E-state index contributed by atoms with van der Waals surface area (Å²) in [6, 6.07) is 17.5. The lowest BCUT2D eigenvalue weighted by Crippen LogP contribution is -2.27. The number of benzene rings is 2. The Hall–Kier alpha value is -2.10. The Balaban J connectivity index is 1.60. The molecule has 3 nitrogen and oxygen atoms in total. The zero-order valence-corrected chi connectivity index (χ0v) is 14.0. The van der Waals surface area contributed by atoms with E-state index in [1.54, 1.807) is 12.1 Å². The number of aliphatic hydroxyl groups excluding tert-OH is 1. The molecule has 2 aromatic rings. The van der Waals surface area contributed by atoms with Crippen LogP contribution in [0, 0.1) is 5.92 Å². The minimum Gasteiger partial charge on any atom is -0.392 e. The van der Waals surface area contributed by atoms with Crippen LogP contribution in [-0.4, -0.2) is 24.2 Å². The highest BCUT2D eigenvalue weighted by Gasteiger charge is 2.43. The van der Waals surface area contributed by atoms with Crippen LogP contribution < -0.4 is 5.32 Å². The first-order valence-corrected chi connectivity index (χ1v) is 8.45. The van der Waals surface area contributed by atoms with E-state index in [9.17, 15) is 9.90 Å². The maximum Gasteiger partial charge on any atom is 0.224 e. The summed E-state index contributed by atoms with van der Waals surface area (Å²) in [7, 11) is 0. The van der Waals surface area contributed by atoms with Gasteiger partial charge in [0.2, 0.25) is 5.91 Å².